The second kappa shape index (κ2) is 1.97. The minimum Gasteiger partial charge on any atom is -0.304 e. The second-order valence-corrected chi connectivity index (χ2v) is 4.28. The first-order valence-electron chi connectivity index (χ1n) is 4.42. The average molecular weight is 139 g/mol. The Labute approximate surface area is 63.4 Å². The van der Waals surface area contributed by atoms with Crippen LogP contribution in [0.3, 0.4) is 0 Å². The number of hydrogen-bond acceptors (Lipinski definition) is 1. The largest absolute Gasteiger partial charge is 0.304 e. The van der Waals surface area contributed by atoms with E-state index in [0.29, 0.717) is 0 Å². The van der Waals surface area contributed by atoms with Crippen LogP contribution in [0.25, 0.3) is 0 Å². The van der Waals surface area contributed by atoms with Gasteiger partial charge in [0.25, 0.3) is 0 Å². The first-order chi connectivity index (χ1) is 4.72. The fourth-order valence-electron chi connectivity index (χ4n) is 2.15. The van der Waals surface area contributed by atoms with Crippen LogP contribution in [0.1, 0.15) is 32.6 Å². The van der Waals surface area contributed by atoms with Crippen molar-refractivity contribution in [2.24, 2.45) is 5.41 Å². The molecule has 1 nitrogen and oxygen atoms in total. The van der Waals surface area contributed by atoms with Gasteiger partial charge in [-0.1, -0.05) is 0 Å². The predicted octanol–water partition coefficient (Wildman–Crippen LogP) is 1.88. The Morgan fingerprint density at radius 1 is 1.30 bits per heavy atom. The molecule has 1 atom stereocenters. The van der Waals surface area contributed by atoms with Gasteiger partial charge < -0.3 is 4.90 Å². The SMILES string of the molecule is CC1CC2(CCN1C)CC2. The Morgan fingerprint density at radius 3 is 2.50 bits per heavy atom. The Hall–Kier alpha value is -0.0400. The zero-order valence-electron chi connectivity index (χ0n) is 7.06. The summed E-state index contributed by atoms with van der Waals surface area (Å²) >= 11 is 0. The molecule has 1 spiro atoms. The van der Waals surface area contributed by atoms with E-state index >= 15 is 0 Å². The molecule has 0 bridgehead atoms. The van der Waals surface area contributed by atoms with Gasteiger partial charge >= 0.3 is 0 Å². The van der Waals surface area contributed by atoms with E-state index in [1.807, 2.05) is 0 Å². The molecule has 1 aliphatic carbocycles. The van der Waals surface area contributed by atoms with Crippen LogP contribution >= 0.6 is 0 Å². The van der Waals surface area contributed by atoms with Gasteiger partial charge in [0, 0.05) is 6.04 Å². The first-order valence-corrected chi connectivity index (χ1v) is 4.42. The highest BCUT2D eigenvalue weighted by Gasteiger charge is 2.45. The highest BCUT2D eigenvalue weighted by molar-refractivity contribution is 4.98. The molecule has 1 unspecified atom stereocenters. The molecule has 0 aromatic rings. The quantitative estimate of drug-likeness (QED) is 0.495. The summed E-state index contributed by atoms with van der Waals surface area (Å²) in [5.74, 6) is 0. The molecule has 10 heavy (non-hydrogen) atoms. The van der Waals surface area contributed by atoms with E-state index in [9.17, 15) is 0 Å². The van der Waals surface area contributed by atoms with Gasteiger partial charge in [-0.2, -0.15) is 0 Å². The molecule has 2 rings (SSSR count). The lowest BCUT2D eigenvalue weighted by atomic mass is 9.89. The molecule has 1 heterocycles. The van der Waals surface area contributed by atoms with E-state index in [2.05, 4.69) is 18.9 Å². The molecule has 2 fully saturated rings. The van der Waals surface area contributed by atoms with E-state index in [1.165, 1.54) is 32.2 Å². The average Bonchev–Trinajstić information content (AvgIpc) is 2.62. The van der Waals surface area contributed by atoms with Gasteiger partial charge in [0.2, 0.25) is 0 Å². The Balaban J connectivity index is 1.98. The van der Waals surface area contributed by atoms with Crippen LogP contribution in [0.2, 0.25) is 0 Å². The first kappa shape index (κ1) is 6.66. The summed E-state index contributed by atoms with van der Waals surface area (Å²) in [5.41, 5.74) is 0.839. The minimum atomic E-state index is 0.839. The molecule has 0 N–H and O–H groups in total. The lowest BCUT2D eigenvalue weighted by Crippen LogP contribution is -2.38. The standard InChI is InChI=1S/C9H17N/c1-8-7-9(3-4-9)5-6-10(8)2/h8H,3-7H2,1-2H3. The van der Waals surface area contributed by atoms with E-state index in [4.69, 9.17) is 0 Å². The van der Waals surface area contributed by atoms with Crippen molar-refractivity contribution < 1.29 is 0 Å². The second-order valence-electron chi connectivity index (χ2n) is 4.28. The number of likely N-dealkylation sites (tertiary alicyclic amines) is 1. The summed E-state index contributed by atoms with van der Waals surface area (Å²) in [6.45, 7) is 3.69. The normalized spacial score (nSPS) is 38.4. The number of rotatable bonds is 0. The molecule has 1 heteroatoms. The third-order valence-corrected chi connectivity index (χ3v) is 3.43. The van der Waals surface area contributed by atoms with Crippen molar-refractivity contribution in [2.75, 3.05) is 13.6 Å². The van der Waals surface area contributed by atoms with Gasteiger partial charge in [0.1, 0.15) is 0 Å². The summed E-state index contributed by atoms with van der Waals surface area (Å²) in [7, 11) is 2.25. The van der Waals surface area contributed by atoms with E-state index in [1.54, 1.807) is 0 Å². The molecular weight excluding hydrogens is 122 g/mol. The van der Waals surface area contributed by atoms with E-state index in [-0.39, 0.29) is 0 Å². The van der Waals surface area contributed by atoms with Crippen molar-refractivity contribution in [1.82, 2.24) is 4.90 Å². The maximum absolute atomic E-state index is 2.49. The third-order valence-electron chi connectivity index (χ3n) is 3.43. The fourth-order valence-corrected chi connectivity index (χ4v) is 2.15. The lowest BCUT2D eigenvalue weighted by Gasteiger charge is -2.35. The zero-order chi connectivity index (χ0) is 7.19. The van der Waals surface area contributed by atoms with Crippen LogP contribution in [0, 0.1) is 5.41 Å². The number of nitrogens with zero attached hydrogens (tertiary/aromatic N) is 1. The Kier molecular flexibility index (Phi) is 1.31. The van der Waals surface area contributed by atoms with Crippen molar-refractivity contribution in [3.8, 4) is 0 Å². The van der Waals surface area contributed by atoms with Crippen LogP contribution in [-0.2, 0) is 0 Å². The molecule has 58 valence electrons. The molecule has 1 saturated carbocycles. The highest BCUT2D eigenvalue weighted by atomic mass is 15.1. The van der Waals surface area contributed by atoms with Gasteiger partial charge in [0.05, 0.1) is 0 Å². The predicted molar refractivity (Wildman–Crippen MR) is 43.0 cm³/mol. The van der Waals surface area contributed by atoms with Crippen LogP contribution in [0.5, 0.6) is 0 Å². The third kappa shape index (κ3) is 0.968. The maximum atomic E-state index is 2.49. The van der Waals surface area contributed by atoms with Crippen molar-refractivity contribution in [2.45, 2.75) is 38.6 Å². The van der Waals surface area contributed by atoms with Gasteiger partial charge in [-0.05, 0) is 51.6 Å². The van der Waals surface area contributed by atoms with Crippen molar-refractivity contribution >= 4 is 0 Å². The zero-order valence-corrected chi connectivity index (χ0v) is 7.06. The molecular formula is C9H17N. The smallest absolute Gasteiger partial charge is 0.00691 e. The van der Waals surface area contributed by atoms with Gasteiger partial charge in [0.15, 0.2) is 0 Å². The minimum absolute atomic E-state index is 0.839. The van der Waals surface area contributed by atoms with Crippen LogP contribution in [0.4, 0.5) is 0 Å². The Morgan fingerprint density at radius 2 is 2.00 bits per heavy atom. The van der Waals surface area contributed by atoms with Crippen LogP contribution in [0.15, 0.2) is 0 Å². The summed E-state index contributed by atoms with van der Waals surface area (Å²) in [6, 6.07) is 0.844. The fraction of sp³-hybridized carbons (Fsp3) is 1.00. The molecule has 1 aliphatic heterocycles. The number of piperidine rings is 1. The summed E-state index contributed by atoms with van der Waals surface area (Å²) in [6.07, 6.45) is 5.97. The molecule has 0 amide bonds. The van der Waals surface area contributed by atoms with Gasteiger partial charge in [-0.25, -0.2) is 0 Å². The number of hydrogen-bond donors (Lipinski definition) is 0. The lowest BCUT2D eigenvalue weighted by molar-refractivity contribution is 0.142. The molecule has 0 radical (unpaired) electrons. The van der Waals surface area contributed by atoms with E-state index < -0.39 is 0 Å². The summed E-state index contributed by atoms with van der Waals surface area (Å²) < 4.78 is 0. The summed E-state index contributed by atoms with van der Waals surface area (Å²) in [4.78, 5) is 2.49. The molecule has 0 aromatic carbocycles. The van der Waals surface area contributed by atoms with Crippen molar-refractivity contribution in [3.05, 3.63) is 0 Å². The molecule has 1 saturated heterocycles. The van der Waals surface area contributed by atoms with Crippen LogP contribution in [-0.4, -0.2) is 24.5 Å². The van der Waals surface area contributed by atoms with Gasteiger partial charge in [-0.15, -0.1) is 0 Å². The van der Waals surface area contributed by atoms with Crippen LogP contribution < -0.4 is 0 Å². The maximum Gasteiger partial charge on any atom is 0.00691 e. The van der Waals surface area contributed by atoms with E-state index in [0.717, 1.165) is 11.5 Å². The summed E-state index contributed by atoms with van der Waals surface area (Å²) in [5, 5.41) is 0. The topological polar surface area (TPSA) is 3.24 Å². The van der Waals surface area contributed by atoms with Crippen molar-refractivity contribution in [1.29, 1.82) is 0 Å². The van der Waals surface area contributed by atoms with Crippen molar-refractivity contribution in [3.63, 3.8) is 0 Å². The monoisotopic (exact) mass is 139 g/mol. The Bertz CT molecular complexity index is 138. The molecule has 0 aromatic heterocycles. The highest BCUT2D eigenvalue weighted by Crippen LogP contribution is 2.54. The molecule has 2 aliphatic rings. The van der Waals surface area contributed by atoms with Gasteiger partial charge in [-0.3, -0.25) is 0 Å².